The number of nitrogens with two attached hydrogens (primary N) is 1. The number of para-hydroxylation sites is 1. The van der Waals surface area contributed by atoms with Gasteiger partial charge in [0.15, 0.2) is 0 Å². The summed E-state index contributed by atoms with van der Waals surface area (Å²) in [5.41, 5.74) is 6.03. The van der Waals surface area contributed by atoms with Gasteiger partial charge in [-0.05, 0) is 25.1 Å². The summed E-state index contributed by atoms with van der Waals surface area (Å²) in [5.74, 6) is -0.231. The van der Waals surface area contributed by atoms with Crippen LogP contribution in [0, 0.1) is 5.82 Å². The number of carbonyl (C=O) groups is 1. The summed E-state index contributed by atoms with van der Waals surface area (Å²) in [5, 5.41) is 0. The van der Waals surface area contributed by atoms with E-state index in [0.717, 1.165) is 6.42 Å². The van der Waals surface area contributed by atoms with Crippen LogP contribution in [-0.2, 0) is 4.79 Å². The molecule has 5 heteroatoms. The van der Waals surface area contributed by atoms with E-state index in [4.69, 9.17) is 5.73 Å². The molecule has 0 aliphatic heterocycles. The third-order valence-electron chi connectivity index (χ3n) is 2.92. The van der Waals surface area contributed by atoms with Crippen LogP contribution in [0.15, 0.2) is 24.3 Å². The van der Waals surface area contributed by atoms with Gasteiger partial charge in [0.05, 0.1) is 5.69 Å². The zero-order valence-corrected chi connectivity index (χ0v) is 11.6. The Labute approximate surface area is 114 Å². The van der Waals surface area contributed by atoms with Crippen molar-refractivity contribution in [3.63, 3.8) is 0 Å². The summed E-state index contributed by atoms with van der Waals surface area (Å²) >= 11 is 0. The molecule has 0 spiro atoms. The van der Waals surface area contributed by atoms with Crippen molar-refractivity contribution >= 4 is 11.6 Å². The molecule has 0 saturated heterocycles. The molecule has 106 valence electrons. The monoisotopic (exact) mass is 267 g/mol. The third kappa shape index (κ3) is 4.87. The molecule has 0 fully saturated rings. The number of rotatable bonds is 7. The fourth-order valence-electron chi connectivity index (χ4n) is 1.80. The molecule has 4 nitrogen and oxygen atoms in total. The second-order valence-corrected chi connectivity index (χ2v) is 4.62. The number of nitrogens with zero attached hydrogens (tertiary/aromatic N) is 2. The number of halogens is 1. The second-order valence-electron chi connectivity index (χ2n) is 4.62. The lowest BCUT2D eigenvalue weighted by atomic mass is 10.2. The van der Waals surface area contributed by atoms with E-state index in [1.54, 1.807) is 37.2 Å². The standard InChI is InChI=1S/C14H22FN3O/c1-17(2)14(19)8-11-18(10-5-9-16)13-7-4-3-6-12(13)15/h3-4,6-7H,5,8-11,16H2,1-2H3. The number of benzene rings is 1. The molecule has 1 amide bonds. The van der Waals surface area contributed by atoms with Gasteiger partial charge >= 0.3 is 0 Å². The van der Waals surface area contributed by atoms with Crippen molar-refractivity contribution in [2.24, 2.45) is 5.73 Å². The Morgan fingerprint density at radius 2 is 1.95 bits per heavy atom. The highest BCUT2D eigenvalue weighted by molar-refractivity contribution is 5.76. The van der Waals surface area contributed by atoms with E-state index in [9.17, 15) is 9.18 Å². The van der Waals surface area contributed by atoms with Crippen LogP contribution in [-0.4, -0.2) is 44.5 Å². The summed E-state index contributed by atoms with van der Waals surface area (Å²) < 4.78 is 13.8. The van der Waals surface area contributed by atoms with Crippen LogP contribution in [0.3, 0.4) is 0 Å². The van der Waals surface area contributed by atoms with Gasteiger partial charge in [-0.25, -0.2) is 4.39 Å². The van der Waals surface area contributed by atoms with Crippen molar-refractivity contribution in [3.05, 3.63) is 30.1 Å². The Bertz CT molecular complexity index is 409. The van der Waals surface area contributed by atoms with Crippen molar-refractivity contribution in [2.75, 3.05) is 38.6 Å². The van der Waals surface area contributed by atoms with Gasteiger partial charge in [0, 0.05) is 33.6 Å². The maximum absolute atomic E-state index is 13.8. The highest BCUT2D eigenvalue weighted by Gasteiger charge is 2.13. The van der Waals surface area contributed by atoms with Crippen LogP contribution in [0.4, 0.5) is 10.1 Å². The normalized spacial score (nSPS) is 10.3. The molecule has 0 radical (unpaired) electrons. The van der Waals surface area contributed by atoms with Gasteiger partial charge < -0.3 is 15.5 Å². The van der Waals surface area contributed by atoms with E-state index >= 15 is 0 Å². The fourth-order valence-corrected chi connectivity index (χ4v) is 1.80. The Balaban J connectivity index is 2.72. The molecular formula is C14H22FN3O. The molecule has 0 heterocycles. The molecule has 2 N–H and O–H groups in total. The van der Waals surface area contributed by atoms with Crippen molar-refractivity contribution in [1.82, 2.24) is 4.90 Å². The minimum Gasteiger partial charge on any atom is -0.369 e. The zero-order chi connectivity index (χ0) is 14.3. The Kier molecular flexibility index (Phi) is 6.29. The van der Waals surface area contributed by atoms with E-state index in [0.29, 0.717) is 31.7 Å². The third-order valence-corrected chi connectivity index (χ3v) is 2.92. The smallest absolute Gasteiger partial charge is 0.223 e. The number of carbonyl (C=O) groups excluding carboxylic acids is 1. The van der Waals surface area contributed by atoms with Gasteiger partial charge in [0.2, 0.25) is 5.91 Å². The minimum atomic E-state index is -0.267. The molecule has 0 unspecified atom stereocenters. The van der Waals surface area contributed by atoms with Crippen LogP contribution in [0.2, 0.25) is 0 Å². The van der Waals surface area contributed by atoms with E-state index in [1.165, 1.54) is 6.07 Å². The maximum atomic E-state index is 13.8. The Hall–Kier alpha value is -1.62. The summed E-state index contributed by atoms with van der Waals surface area (Å²) in [4.78, 5) is 15.0. The average Bonchev–Trinajstić information content (AvgIpc) is 2.39. The predicted molar refractivity (Wildman–Crippen MR) is 75.6 cm³/mol. The van der Waals surface area contributed by atoms with Crippen LogP contribution >= 0.6 is 0 Å². The topological polar surface area (TPSA) is 49.6 Å². The molecule has 1 rings (SSSR count). The van der Waals surface area contributed by atoms with Crippen LogP contribution in [0.25, 0.3) is 0 Å². The van der Waals surface area contributed by atoms with Crippen LogP contribution in [0.5, 0.6) is 0 Å². The molecule has 0 aromatic heterocycles. The van der Waals surface area contributed by atoms with E-state index in [1.807, 2.05) is 4.90 Å². The second kappa shape index (κ2) is 7.74. The summed E-state index contributed by atoms with van der Waals surface area (Å²) in [7, 11) is 3.44. The summed E-state index contributed by atoms with van der Waals surface area (Å²) in [6.45, 7) is 1.70. The molecule has 0 saturated carbocycles. The molecule has 1 aromatic rings. The molecule has 0 bridgehead atoms. The highest BCUT2D eigenvalue weighted by atomic mass is 19.1. The van der Waals surface area contributed by atoms with E-state index < -0.39 is 0 Å². The quantitative estimate of drug-likeness (QED) is 0.813. The first-order valence-electron chi connectivity index (χ1n) is 6.46. The highest BCUT2D eigenvalue weighted by Crippen LogP contribution is 2.19. The molecule has 19 heavy (non-hydrogen) atoms. The molecule has 1 aromatic carbocycles. The van der Waals surface area contributed by atoms with Crippen molar-refractivity contribution < 1.29 is 9.18 Å². The van der Waals surface area contributed by atoms with Gasteiger partial charge in [-0.3, -0.25) is 4.79 Å². The van der Waals surface area contributed by atoms with Gasteiger partial charge in [-0.2, -0.15) is 0 Å². The number of hydrogen-bond acceptors (Lipinski definition) is 3. The maximum Gasteiger partial charge on any atom is 0.223 e. The lowest BCUT2D eigenvalue weighted by Gasteiger charge is -2.25. The van der Waals surface area contributed by atoms with Crippen LogP contribution in [0.1, 0.15) is 12.8 Å². The number of amides is 1. The molecule has 0 atom stereocenters. The van der Waals surface area contributed by atoms with Crippen molar-refractivity contribution in [2.45, 2.75) is 12.8 Å². The van der Waals surface area contributed by atoms with E-state index in [2.05, 4.69) is 0 Å². The Morgan fingerprint density at radius 3 is 2.53 bits per heavy atom. The van der Waals surface area contributed by atoms with Gasteiger partial charge in [0.1, 0.15) is 5.82 Å². The Morgan fingerprint density at radius 1 is 1.26 bits per heavy atom. The van der Waals surface area contributed by atoms with E-state index in [-0.39, 0.29) is 11.7 Å². The minimum absolute atomic E-state index is 0.0362. The summed E-state index contributed by atoms with van der Waals surface area (Å²) in [6, 6.07) is 6.61. The molecule has 0 aliphatic carbocycles. The zero-order valence-electron chi connectivity index (χ0n) is 11.6. The van der Waals surface area contributed by atoms with Crippen LogP contribution < -0.4 is 10.6 Å². The van der Waals surface area contributed by atoms with Gasteiger partial charge in [-0.1, -0.05) is 12.1 Å². The largest absolute Gasteiger partial charge is 0.369 e. The first-order chi connectivity index (χ1) is 9.06. The first kappa shape index (κ1) is 15.4. The number of hydrogen-bond donors (Lipinski definition) is 1. The predicted octanol–water partition coefficient (Wildman–Crippen LogP) is 1.46. The van der Waals surface area contributed by atoms with Crippen molar-refractivity contribution in [3.8, 4) is 0 Å². The lowest BCUT2D eigenvalue weighted by Crippen LogP contribution is -2.32. The SMILES string of the molecule is CN(C)C(=O)CCN(CCCN)c1ccccc1F. The van der Waals surface area contributed by atoms with Gasteiger partial charge in [-0.15, -0.1) is 0 Å². The van der Waals surface area contributed by atoms with Crippen molar-refractivity contribution in [1.29, 1.82) is 0 Å². The fraction of sp³-hybridized carbons (Fsp3) is 0.500. The first-order valence-corrected chi connectivity index (χ1v) is 6.46. The average molecular weight is 267 g/mol. The van der Waals surface area contributed by atoms with Gasteiger partial charge in [0.25, 0.3) is 0 Å². The summed E-state index contributed by atoms with van der Waals surface area (Å²) in [6.07, 6.45) is 1.14. The number of anilines is 1. The molecular weight excluding hydrogens is 245 g/mol. The lowest BCUT2D eigenvalue weighted by molar-refractivity contribution is -0.128. The molecule has 0 aliphatic rings.